The van der Waals surface area contributed by atoms with Gasteiger partial charge in [-0.05, 0) is 68.4 Å². The molecule has 1 aromatic carbocycles. The number of aromatic nitrogens is 1. The van der Waals surface area contributed by atoms with Gasteiger partial charge in [0, 0.05) is 25.4 Å². The maximum absolute atomic E-state index is 12.7. The summed E-state index contributed by atoms with van der Waals surface area (Å²) >= 11 is 0. The predicted molar refractivity (Wildman–Crippen MR) is 102 cm³/mol. The lowest BCUT2D eigenvalue weighted by Crippen LogP contribution is -2.44. The first-order valence-electron chi connectivity index (χ1n) is 9.15. The summed E-state index contributed by atoms with van der Waals surface area (Å²) in [5.41, 5.74) is 3.13. The van der Waals surface area contributed by atoms with E-state index in [2.05, 4.69) is 4.98 Å². The number of nitrogens with zero attached hydrogens (tertiary/aromatic N) is 1. The number of hydrogen-bond donors (Lipinski definition) is 1. The Hall–Kier alpha value is -2.56. The van der Waals surface area contributed by atoms with Crippen molar-refractivity contribution in [2.24, 2.45) is 0 Å². The van der Waals surface area contributed by atoms with Crippen molar-refractivity contribution in [3.05, 3.63) is 63.6 Å². The second-order valence-corrected chi connectivity index (χ2v) is 7.11. The number of piperidine rings is 1. The number of amides is 1. The number of likely N-dealkylation sites (tertiary alicyclic amines) is 1. The van der Waals surface area contributed by atoms with Crippen LogP contribution in [0.15, 0.2) is 41.3 Å². The van der Waals surface area contributed by atoms with Crippen LogP contribution in [0.4, 0.5) is 0 Å². The zero-order chi connectivity index (χ0) is 18.7. The van der Waals surface area contributed by atoms with Crippen molar-refractivity contribution in [3.63, 3.8) is 0 Å². The lowest BCUT2D eigenvalue weighted by molar-refractivity contribution is -0.139. The number of rotatable bonds is 4. The second kappa shape index (κ2) is 7.77. The van der Waals surface area contributed by atoms with Gasteiger partial charge in [-0.15, -0.1) is 0 Å². The van der Waals surface area contributed by atoms with Crippen LogP contribution in [0.3, 0.4) is 0 Å². The molecule has 5 heteroatoms. The molecule has 1 aliphatic heterocycles. The van der Waals surface area contributed by atoms with Crippen LogP contribution >= 0.6 is 0 Å². The highest BCUT2D eigenvalue weighted by Crippen LogP contribution is 2.28. The number of hydrogen-bond acceptors (Lipinski definition) is 3. The number of nitrogens with one attached hydrogen (secondary N) is 1. The van der Waals surface area contributed by atoms with Crippen LogP contribution in [0.1, 0.15) is 42.4 Å². The molecule has 1 N–H and O–H groups in total. The van der Waals surface area contributed by atoms with Gasteiger partial charge in [0.15, 0.2) is 6.10 Å². The molecule has 1 fully saturated rings. The summed E-state index contributed by atoms with van der Waals surface area (Å²) in [6, 6.07) is 9.63. The third-order valence-corrected chi connectivity index (χ3v) is 5.07. The zero-order valence-corrected chi connectivity index (χ0v) is 15.6. The van der Waals surface area contributed by atoms with Gasteiger partial charge in [0.05, 0.1) is 0 Å². The van der Waals surface area contributed by atoms with Crippen molar-refractivity contribution < 1.29 is 9.53 Å². The summed E-state index contributed by atoms with van der Waals surface area (Å²) in [7, 11) is 0. The highest BCUT2D eigenvalue weighted by atomic mass is 16.5. The van der Waals surface area contributed by atoms with E-state index in [1.807, 2.05) is 49.9 Å². The maximum Gasteiger partial charge on any atom is 0.263 e. The molecule has 26 heavy (non-hydrogen) atoms. The van der Waals surface area contributed by atoms with Crippen LogP contribution in [-0.2, 0) is 4.79 Å². The van der Waals surface area contributed by atoms with Gasteiger partial charge in [0.1, 0.15) is 5.75 Å². The first-order valence-corrected chi connectivity index (χ1v) is 9.15. The summed E-state index contributed by atoms with van der Waals surface area (Å²) in [6.07, 6.45) is 2.91. The molecule has 0 spiro atoms. The Balaban J connectivity index is 1.59. The minimum absolute atomic E-state index is 0.0234. The van der Waals surface area contributed by atoms with Gasteiger partial charge in [0.25, 0.3) is 5.91 Å². The number of pyridine rings is 1. The summed E-state index contributed by atoms with van der Waals surface area (Å²) in [5, 5.41) is 0. The standard InChI is InChI=1S/C21H26N2O3/c1-14-4-5-15(2)19(12-14)26-16(3)21(25)23-10-7-17(8-11-23)18-6-9-22-20(24)13-18/h4-6,9,12-13,16-17H,7-8,10-11H2,1-3H3,(H,22,24). The van der Waals surface area contributed by atoms with Crippen molar-refractivity contribution in [1.29, 1.82) is 0 Å². The molecule has 0 radical (unpaired) electrons. The van der Waals surface area contributed by atoms with E-state index in [0.717, 1.165) is 35.3 Å². The molecule has 1 atom stereocenters. The average Bonchev–Trinajstić information content (AvgIpc) is 2.64. The molecular formula is C21H26N2O3. The Morgan fingerprint density at radius 1 is 1.19 bits per heavy atom. The van der Waals surface area contributed by atoms with Gasteiger partial charge in [0.2, 0.25) is 5.56 Å². The monoisotopic (exact) mass is 354 g/mol. The molecule has 5 nitrogen and oxygen atoms in total. The van der Waals surface area contributed by atoms with Crippen LogP contribution in [-0.4, -0.2) is 35.0 Å². The molecule has 1 aliphatic rings. The third kappa shape index (κ3) is 4.15. The summed E-state index contributed by atoms with van der Waals surface area (Å²) < 4.78 is 5.93. The van der Waals surface area contributed by atoms with Gasteiger partial charge < -0.3 is 14.6 Å². The molecule has 0 aliphatic carbocycles. The molecule has 1 amide bonds. The quantitative estimate of drug-likeness (QED) is 0.917. The highest BCUT2D eigenvalue weighted by molar-refractivity contribution is 5.81. The molecule has 1 unspecified atom stereocenters. The number of benzene rings is 1. The SMILES string of the molecule is Cc1ccc(C)c(OC(C)C(=O)N2CCC(c3cc[nH]c(=O)c3)CC2)c1. The highest BCUT2D eigenvalue weighted by Gasteiger charge is 2.28. The molecule has 1 saturated heterocycles. The van der Waals surface area contributed by atoms with E-state index in [1.165, 1.54) is 0 Å². The van der Waals surface area contributed by atoms with E-state index in [1.54, 1.807) is 12.3 Å². The third-order valence-electron chi connectivity index (χ3n) is 5.07. The van der Waals surface area contributed by atoms with E-state index < -0.39 is 6.10 Å². The fraction of sp³-hybridized carbons (Fsp3) is 0.429. The molecule has 0 bridgehead atoms. The van der Waals surface area contributed by atoms with Gasteiger partial charge in [-0.3, -0.25) is 9.59 Å². The van der Waals surface area contributed by atoms with Gasteiger partial charge >= 0.3 is 0 Å². The maximum atomic E-state index is 12.7. The van der Waals surface area contributed by atoms with Crippen molar-refractivity contribution in [2.45, 2.75) is 45.6 Å². The van der Waals surface area contributed by atoms with E-state index in [9.17, 15) is 9.59 Å². The number of carbonyl (C=O) groups is 1. The Morgan fingerprint density at radius 3 is 2.62 bits per heavy atom. The van der Waals surface area contributed by atoms with Crippen LogP contribution < -0.4 is 10.3 Å². The number of aromatic amines is 1. The number of ether oxygens (including phenoxy) is 1. The van der Waals surface area contributed by atoms with Crippen LogP contribution in [0, 0.1) is 13.8 Å². The Kier molecular flexibility index (Phi) is 5.45. The van der Waals surface area contributed by atoms with Crippen LogP contribution in [0.25, 0.3) is 0 Å². The average molecular weight is 354 g/mol. The topological polar surface area (TPSA) is 62.4 Å². The molecule has 0 saturated carbocycles. The molecule has 2 heterocycles. The molecule has 3 rings (SSSR count). The Labute approximate surface area is 154 Å². The first kappa shape index (κ1) is 18.2. The van der Waals surface area contributed by atoms with E-state index >= 15 is 0 Å². The Bertz CT molecular complexity index is 835. The van der Waals surface area contributed by atoms with Crippen molar-refractivity contribution in [1.82, 2.24) is 9.88 Å². The van der Waals surface area contributed by atoms with Gasteiger partial charge in [-0.1, -0.05) is 12.1 Å². The summed E-state index contributed by atoms with van der Waals surface area (Å²) in [5.74, 6) is 1.12. The lowest BCUT2D eigenvalue weighted by Gasteiger charge is -2.33. The number of H-pyrrole nitrogens is 1. The second-order valence-electron chi connectivity index (χ2n) is 7.11. The predicted octanol–water partition coefficient (Wildman–Crippen LogP) is 3.17. The van der Waals surface area contributed by atoms with Gasteiger partial charge in [-0.25, -0.2) is 0 Å². The minimum atomic E-state index is -0.508. The van der Waals surface area contributed by atoms with Crippen LogP contribution in [0.2, 0.25) is 0 Å². The fourth-order valence-electron chi connectivity index (χ4n) is 3.48. The first-order chi connectivity index (χ1) is 12.4. The van der Waals surface area contributed by atoms with E-state index in [-0.39, 0.29) is 11.5 Å². The normalized spacial score (nSPS) is 16.3. The van der Waals surface area contributed by atoms with Crippen molar-refractivity contribution >= 4 is 5.91 Å². The zero-order valence-electron chi connectivity index (χ0n) is 15.6. The fourth-order valence-corrected chi connectivity index (χ4v) is 3.48. The number of aryl methyl sites for hydroxylation is 2. The van der Waals surface area contributed by atoms with Crippen molar-refractivity contribution in [2.75, 3.05) is 13.1 Å². The molecule has 1 aromatic heterocycles. The summed E-state index contributed by atoms with van der Waals surface area (Å²) in [4.78, 5) is 28.7. The van der Waals surface area contributed by atoms with Crippen LogP contribution in [0.5, 0.6) is 5.75 Å². The largest absolute Gasteiger partial charge is 0.481 e. The smallest absolute Gasteiger partial charge is 0.263 e. The Morgan fingerprint density at radius 2 is 1.92 bits per heavy atom. The van der Waals surface area contributed by atoms with Crippen molar-refractivity contribution in [3.8, 4) is 5.75 Å². The van der Waals surface area contributed by atoms with Gasteiger partial charge in [-0.2, -0.15) is 0 Å². The minimum Gasteiger partial charge on any atom is -0.481 e. The number of carbonyl (C=O) groups excluding carboxylic acids is 1. The molecular weight excluding hydrogens is 328 g/mol. The summed E-state index contributed by atoms with van der Waals surface area (Å²) in [6.45, 7) is 7.19. The molecule has 138 valence electrons. The molecule has 2 aromatic rings. The lowest BCUT2D eigenvalue weighted by atomic mass is 9.90. The van der Waals surface area contributed by atoms with E-state index in [0.29, 0.717) is 19.0 Å². The van der Waals surface area contributed by atoms with E-state index in [4.69, 9.17) is 4.74 Å².